The van der Waals surface area contributed by atoms with Gasteiger partial charge in [-0.05, 0) is 12.1 Å². The monoisotopic (exact) mass is 276 g/mol. The molecule has 0 aliphatic heterocycles. The van der Waals surface area contributed by atoms with E-state index in [2.05, 4.69) is 0 Å². The molecule has 0 fully saturated rings. The van der Waals surface area contributed by atoms with Crippen molar-refractivity contribution < 1.29 is 33.0 Å². The minimum atomic E-state index is -4.47. The lowest BCUT2D eigenvalue weighted by atomic mass is 10.1. The zero-order valence-corrected chi connectivity index (χ0v) is 9.81. The lowest BCUT2D eigenvalue weighted by Gasteiger charge is -2.06. The van der Waals surface area contributed by atoms with Crippen molar-refractivity contribution >= 4 is 11.8 Å². The van der Waals surface area contributed by atoms with Gasteiger partial charge in [0.2, 0.25) is 0 Å². The van der Waals surface area contributed by atoms with E-state index in [1.54, 1.807) is 0 Å². The number of aliphatic hydroxyl groups excluding tert-OH is 1. The Morgan fingerprint density at radius 2 is 1.79 bits per heavy atom. The molecular formula is C12H11F3O4. The molecule has 0 radical (unpaired) electrons. The molecule has 0 saturated carbocycles. The smallest absolute Gasteiger partial charge is 0.416 e. The van der Waals surface area contributed by atoms with Crippen LogP contribution in [0.15, 0.2) is 36.6 Å². The molecule has 0 atom stereocenters. The van der Waals surface area contributed by atoms with Gasteiger partial charge in [-0.15, -0.1) is 0 Å². The number of aliphatic carboxylic acids is 1. The predicted octanol–water partition coefficient (Wildman–Crippen LogP) is 3.05. The number of benzene rings is 1. The average molecular weight is 276 g/mol. The first-order valence-corrected chi connectivity index (χ1v) is 4.90. The number of allylic oxidation sites excluding steroid dienone is 1. The Labute approximate surface area is 106 Å². The van der Waals surface area contributed by atoms with Crippen LogP contribution >= 0.6 is 0 Å². The number of alkyl halides is 3. The Bertz CT molecular complexity index is 474. The number of carbonyl (C=O) groups excluding carboxylic acids is 1. The molecule has 0 unspecified atom stereocenters. The lowest BCUT2D eigenvalue weighted by molar-refractivity contribution is -0.137. The summed E-state index contributed by atoms with van der Waals surface area (Å²) in [6, 6.07) is 4.00. The Balaban J connectivity index is 0.000000711. The number of ketones is 1. The molecule has 0 saturated heterocycles. The second-order valence-corrected chi connectivity index (χ2v) is 3.28. The molecule has 2 N–H and O–H groups in total. The molecule has 19 heavy (non-hydrogen) atoms. The highest BCUT2D eigenvalue weighted by atomic mass is 19.4. The molecule has 1 aromatic rings. The summed E-state index contributed by atoms with van der Waals surface area (Å²) in [5, 5.41) is 15.7. The van der Waals surface area contributed by atoms with Crippen molar-refractivity contribution in [2.75, 3.05) is 0 Å². The molecule has 1 rings (SSSR count). The van der Waals surface area contributed by atoms with Crippen LogP contribution < -0.4 is 0 Å². The van der Waals surface area contributed by atoms with Crippen LogP contribution in [0.2, 0.25) is 0 Å². The highest BCUT2D eigenvalue weighted by Crippen LogP contribution is 2.29. The van der Waals surface area contributed by atoms with Crippen molar-refractivity contribution in [3.63, 3.8) is 0 Å². The zero-order valence-electron chi connectivity index (χ0n) is 9.81. The van der Waals surface area contributed by atoms with E-state index >= 15 is 0 Å². The molecule has 0 aromatic heterocycles. The normalized spacial score (nSPS) is 10.7. The number of halogens is 3. The fraction of sp³-hybridized carbons (Fsp3) is 0.167. The van der Waals surface area contributed by atoms with Crippen LogP contribution in [-0.4, -0.2) is 22.0 Å². The number of carbonyl (C=O) groups is 2. The molecule has 4 nitrogen and oxygen atoms in total. The molecule has 0 heterocycles. The number of hydrogen-bond donors (Lipinski definition) is 2. The highest BCUT2D eigenvalue weighted by molar-refractivity contribution is 6.04. The third-order valence-corrected chi connectivity index (χ3v) is 1.70. The van der Waals surface area contributed by atoms with E-state index < -0.39 is 23.5 Å². The molecule has 0 aliphatic carbocycles. The number of hydrogen-bond acceptors (Lipinski definition) is 3. The molecule has 0 spiro atoms. The van der Waals surface area contributed by atoms with Gasteiger partial charge in [-0.25, -0.2) is 0 Å². The minimum absolute atomic E-state index is 0.116. The second kappa shape index (κ2) is 7.20. The largest absolute Gasteiger partial charge is 0.515 e. The lowest BCUT2D eigenvalue weighted by Crippen LogP contribution is -2.06. The molecule has 0 aliphatic rings. The molecular weight excluding hydrogens is 265 g/mol. The van der Waals surface area contributed by atoms with Crippen LogP contribution in [0.3, 0.4) is 0 Å². The minimum Gasteiger partial charge on any atom is -0.515 e. The maximum atomic E-state index is 12.2. The van der Waals surface area contributed by atoms with Crippen LogP contribution in [0.4, 0.5) is 13.2 Å². The summed E-state index contributed by atoms with van der Waals surface area (Å²) in [6.07, 6.45) is -3.20. The van der Waals surface area contributed by atoms with Crippen molar-refractivity contribution in [1.29, 1.82) is 0 Å². The van der Waals surface area contributed by atoms with Gasteiger partial charge in [0.25, 0.3) is 5.97 Å². The summed E-state index contributed by atoms with van der Waals surface area (Å²) in [4.78, 5) is 20.1. The van der Waals surface area contributed by atoms with E-state index in [9.17, 15) is 18.0 Å². The molecule has 0 amide bonds. The van der Waals surface area contributed by atoms with Crippen LogP contribution in [0.5, 0.6) is 0 Å². The highest BCUT2D eigenvalue weighted by Gasteiger charge is 2.30. The van der Waals surface area contributed by atoms with Crippen molar-refractivity contribution in [3.05, 3.63) is 47.7 Å². The Morgan fingerprint density at radius 1 is 1.26 bits per heavy atom. The van der Waals surface area contributed by atoms with Crippen molar-refractivity contribution in [2.24, 2.45) is 0 Å². The Morgan fingerprint density at radius 3 is 2.21 bits per heavy atom. The van der Waals surface area contributed by atoms with Crippen LogP contribution in [0, 0.1) is 0 Å². The summed E-state index contributed by atoms with van der Waals surface area (Å²) in [5.74, 6) is -1.51. The van der Waals surface area contributed by atoms with Gasteiger partial charge < -0.3 is 10.2 Å². The summed E-state index contributed by atoms with van der Waals surface area (Å²) in [7, 11) is 0. The maximum Gasteiger partial charge on any atom is 0.416 e. The van der Waals surface area contributed by atoms with Gasteiger partial charge >= 0.3 is 6.18 Å². The number of aliphatic hydroxyl groups is 1. The summed E-state index contributed by atoms with van der Waals surface area (Å²) >= 11 is 0. The Hall–Kier alpha value is -2.31. The summed E-state index contributed by atoms with van der Waals surface area (Å²) in [6.45, 7) is 1.08. The zero-order chi connectivity index (χ0) is 15.1. The third-order valence-electron chi connectivity index (χ3n) is 1.70. The summed E-state index contributed by atoms with van der Waals surface area (Å²) < 4.78 is 36.7. The van der Waals surface area contributed by atoms with Crippen molar-refractivity contribution in [2.45, 2.75) is 13.1 Å². The van der Waals surface area contributed by atoms with Crippen molar-refractivity contribution in [1.82, 2.24) is 0 Å². The quantitative estimate of drug-likeness (QED) is 0.494. The van der Waals surface area contributed by atoms with E-state index in [4.69, 9.17) is 15.0 Å². The SMILES string of the molecule is CC(=O)O.O=C(C=CO)c1cccc(C(F)(F)F)c1. The van der Waals surface area contributed by atoms with Crippen molar-refractivity contribution in [3.8, 4) is 0 Å². The van der Waals surface area contributed by atoms with E-state index in [0.717, 1.165) is 31.2 Å². The van der Waals surface area contributed by atoms with Gasteiger partial charge in [0.15, 0.2) is 5.78 Å². The third kappa shape index (κ3) is 6.87. The van der Waals surface area contributed by atoms with E-state index in [1.807, 2.05) is 0 Å². The van der Waals surface area contributed by atoms with Gasteiger partial charge in [-0.2, -0.15) is 13.2 Å². The Kier molecular flexibility index (Phi) is 6.32. The summed E-state index contributed by atoms with van der Waals surface area (Å²) in [5.41, 5.74) is -1.00. The topological polar surface area (TPSA) is 74.6 Å². The van der Waals surface area contributed by atoms with E-state index in [1.165, 1.54) is 6.07 Å². The first-order valence-electron chi connectivity index (χ1n) is 4.90. The second-order valence-electron chi connectivity index (χ2n) is 3.28. The van der Waals surface area contributed by atoms with Gasteiger partial charge in [-0.3, -0.25) is 9.59 Å². The predicted molar refractivity (Wildman–Crippen MR) is 60.9 cm³/mol. The fourth-order valence-electron chi connectivity index (χ4n) is 1.01. The van der Waals surface area contributed by atoms with Crippen LogP contribution in [0.25, 0.3) is 0 Å². The van der Waals surface area contributed by atoms with Gasteiger partial charge in [0, 0.05) is 18.6 Å². The van der Waals surface area contributed by atoms with E-state index in [0.29, 0.717) is 6.26 Å². The maximum absolute atomic E-state index is 12.2. The van der Waals surface area contributed by atoms with Crippen LogP contribution in [-0.2, 0) is 11.0 Å². The first kappa shape index (κ1) is 16.7. The average Bonchev–Trinajstić information content (AvgIpc) is 2.27. The molecule has 1 aromatic carbocycles. The van der Waals surface area contributed by atoms with E-state index in [-0.39, 0.29) is 5.56 Å². The fourth-order valence-corrected chi connectivity index (χ4v) is 1.01. The molecule has 7 heteroatoms. The molecule has 0 bridgehead atoms. The number of carboxylic acid groups (broad SMARTS) is 1. The number of carboxylic acids is 1. The van der Waals surface area contributed by atoms with Crippen LogP contribution in [0.1, 0.15) is 22.8 Å². The van der Waals surface area contributed by atoms with Gasteiger partial charge in [-0.1, -0.05) is 12.1 Å². The standard InChI is InChI=1S/C10H7F3O2.C2H4O2/c11-10(12,13)8-3-1-2-7(6-8)9(15)4-5-14;1-2(3)4/h1-6,14H;1H3,(H,3,4). The molecule has 104 valence electrons. The first-order chi connectivity index (χ1) is 8.68. The number of rotatable bonds is 2. The van der Waals surface area contributed by atoms with Gasteiger partial charge in [0.1, 0.15) is 0 Å². The van der Waals surface area contributed by atoms with Gasteiger partial charge in [0.05, 0.1) is 11.8 Å².